The van der Waals surface area contributed by atoms with Crippen molar-refractivity contribution in [1.29, 1.82) is 0 Å². The van der Waals surface area contributed by atoms with Crippen LogP contribution in [0.25, 0.3) is 0 Å². The lowest BCUT2D eigenvalue weighted by atomic mass is 10.1. The van der Waals surface area contributed by atoms with E-state index in [1.165, 1.54) is 11.1 Å². The number of benzene rings is 1. The van der Waals surface area contributed by atoms with Gasteiger partial charge in [0.2, 0.25) is 5.24 Å². The first kappa shape index (κ1) is 12.3. The number of unbranched alkanes of at least 4 members (excludes halogenated alkanes) is 2. The van der Waals surface area contributed by atoms with Crippen molar-refractivity contribution in [1.82, 2.24) is 0 Å². The van der Waals surface area contributed by atoms with Gasteiger partial charge in [0.05, 0.1) is 0 Å². The minimum absolute atomic E-state index is 0.217. The molecule has 1 nitrogen and oxygen atoms in total. The molecule has 0 heterocycles. The third kappa shape index (κ3) is 5.58. The molecule has 0 atom stereocenters. The molecule has 0 bridgehead atoms. The maximum Gasteiger partial charge on any atom is 0.221 e. The lowest BCUT2D eigenvalue weighted by molar-refractivity contribution is -0.111. The lowest BCUT2D eigenvalue weighted by Gasteiger charge is -2.01. The second kappa shape index (κ2) is 6.62. The van der Waals surface area contributed by atoms with Crippen LogP contribution in [0.4, 0.5) is 0 Å². The summed E-state index contributed by atoms with van der Waals surface area (Å²) in [4.78, 5) is 10.5. The highest BCUT2D eigenvalue weighted by atomic mass is 35.5. The third-order valence-electron chi connectivity index (χ3n) is 2.46. The van der Waals surface area contributed by atoms with E-state index < -0.39 is 0 Å². The number of hydrogen-bond donors (Lipinski definition) is 0. The fourth-order valence-corrected chi connectivity index (χ4v) is 1.66. The van der Waals surface area contributed by atoms with Crippen LogP contribution in [0, 0.1) is 6.92 Å². The molecular formula is C13H17ClO. The summed E-state index contributed by atoms with van der Waals surface area (Å²) < 4.78 is 0. The van der Waals surface area contributed by atoms with Crippen LogP contribution in [-0.4, -0.2) is 5.24 Å². The Balaban J connectivity index is 2.15. The molecule has 0 spiro atoms. The molecule has 0 amide bonds. The second-order valence-electron chi connectivity index (χ2n) is 3.90. The van der Waals surface area contributed by atoms with Crippen LogP contribution in [0.5, 0.6) is 0 Å². The highest BCUT2D eigenvalue weighted by Crippen LogP contribution is 2.09. The average molecular weight is 225 g/mol. The van der Waals surface area contributed by atoms with Gasteiger partial charge >= 0.3 is 0 Å². The van der Waals surface area contributed by atoms with Gasteiger partial charge in [0, 0.05) is 6.42 Å². The van der Waals surface area contributed by atoms with E-state index >= 15 is 0 Å². The van der Waals surface area contributed by atoms with E-state index in [4.69, 9.17) is 11.6 Å². The molecule has 0 saturated carbocycles. The molecular weight excluding hydrogens is 208 g/mol. The maximum absolute atomic E-state index is 10.5. The van der Waals surface area contributed by atoms with Crippen molar-refractivity contribution in [2.75, 3.05) is 0 Å². The summed E-state index contributed by atoms with van der Waals surface area (Å²) in [5.74, 6) is 0. The number of aryl methyl sites for hydroxylation is 2. The zero-order valence-electron chi connectivity index (χ0n) is 9.13. The molecule has 2 heteroatoms. The van der Waals surface area contributed by atoms with Crippen molar-refractivity contribution < 1.29 is 4.79 Å². The van der Waals surface area contributed by atoms with Gasteiger partial charge in [-0.05, 0) is 43.4 Å². The standard InChI is InChI=1S/C13H17ClO/c1-11-7-9-12(10-8-11)5-3-2-4-6-13(14)15/h7-10H,2-6H2,1H3. The van der Waals surface area contributed by atoms with Gasteiger partial charge in [-0.3, -0.25) is 4.79 Å². The summed E-state index contributed by atoms with van der Waals surface area (Å²) in [6.07, 6.45) is 4.72. The van der Waals surface area contributed by atoms with Gasteiger partial charge in [0.1, 0.15) is 0 Å². The fraction of sp³-hybridized carbons (Fsp3) is 0.462. The van der Waals surface area contributed by atoms with Crippen molar-refractivity contribution in [3.8, 4) is 0 Å². The van der Waals surface area contributed by atoms with Gasteiger partial charge in [-0.2, -0.15) is 0 Å². The average Bonchev–Trinajstić information content (AvgIpc) is 2.20. The van der Waals surface area contributed by atoms with Gasteiger partial charge in [-0.15, -0.1) is 0 Å². The van der Waals surface area contributed by atoms with Gasteiger partial charge < -0.3 is 0 Å². The van der Waals surface area contributed by atoms with Gasteiger partial charge in [0.25, 0.3) is 0 Å². The summed E-state index contributed by atoms with van der Waals surface area (Å²) >= 11 is 5.25. The third-order valence-corrected chi connectivity index (χ3v) is 2.65. The van der Waals surface area contributed by atoms with Crippen molar-refractivity contribution in [3.05, 3.63) is 35.4 Å². The first-order valence-electron chi connectivity index (χ1n) is 5.42. The lowest BCUT2D eigenvalue weighted by Crippen LogP contribution is -1.89. The molecule has 82 valence electrons. The van der Waals surface area contributed by atoms with Crippen LogP contribution in [-0.2, 0) is 11.2 Å². The van der Waals surface area contributed by atoms with Gasteiger partial charge in [-0.25, -0.2) is 0 Å². The minimum Gasteiger partial charge on any atom is -0.281 e. The topological polar surface area (TPSA) is 17.1 Å². The molecule has 1 aromatic carbocycles. The number of hydrogen-bond acceptors (Lipinski definition) is 1. The second-order valence-corrected chi connectivity index (χ2v) is 4.32. The molecule has 0 aliphatic carbocycles. The Hall–Kier alpha value is -0.820. The molecule has 0 radical (unpaired) electrons. The molecule has 1 aromatic rings. The quantitative estimate of drug-likeness (QED) is 0.530. The minimum atomic E-state index is -0.217. The van der Waals surface area contributed by atoms with Crippen LogP contribution in [0.2, 0.25) is 0 Å². The molecule has 0 aromatic heterocycles. The molecule has 0 fully saturated rings. The molecule has 15 heavy (non-hydrogen) atoms. The summed E-state index contributed by atoms with van der Waals surface area (Å²) in [6.45, 7) is 2.09. The maximum atomic E-state index is 10.5. The largest absolute Gasteiger partial charge is 0.281 e. The van der Waals surface area contributed by atoms with Crippen molar-refractivity contribution >= 4 is 16.8 Å². The number of carbonyl (C=O) groups excluding carboxylic acids is 1. The Morgan fingerprint density at radius 3 is 2.40 bits per heavy atom. The predicted molar refractivity (Wildman–Crippen MR) is 64.2 cm³/mol. The molecule has 0 N–H and O–H groups in total. The van der Waals surface area contributed by atoms with Crippen molar-refractivity contribution in [2.45, 2.75) is 39.0 Å². The first-order valence-corrected chi connectivity index (χ1v) is 5.80. The van der Waals surface area contributed by atoms with Crippen molar-refractivity contribution in [3.63, 3.8) is 0 Å². The zero-order valence-corrected chi connectivity index (χ0v) is 9.89. The normalized spacial score (nSPS) is 10.3. The summed E-state index contributed by atoms with van der Waals surface area (Å²) in [6, 6.07) is 8.61. The first-order chi connectivity index (χ1) is 7.18. The summed E-state index contributed by atoms with van der Waals surface area (Å²) in [5, 5.41) is -0.217. The van der Waals surface area contributed by atoms with E-state index in [2.05, 4.69) is 31.2 Å². The van der Waals surface area contributed by atoms with E-state index in [-0.39, 0.29) is 5.24 Å². The summed E-state index contributed by atoms with van der Waals surface area (Å²) in [5.41, 5.74) is 2.67. The van der Waals surface area contributed by atoms with E-state index in [1.807, 2.05) is 0 Å². The predicted octanol–water partition coefficient (Wildman–Crippen LogP) is 3.86. The smallest absolute Gasteiger partial charge is 0.221 e. The van der Waals surface area contributed by atoms with Gasteiger partial charge in [-0.1, -0.05) is 36.2 Å². The van der Waals surface area contributed by atoms with Crippen LogP contribution < -0.4 is 0 Å². The highest BCUT2D eigenvalue weighted by molar-refractivity contribution is 6.63. The Kier molecular flexibility index (Phi) is 5.41. The monoisotopic (exact) mass is 224 g/mol. The number of carbonyl (C=O) groups is 1. The van der Waals surface area contributed by atoms with Crippen LogP contribution >= 0.6 is 11.6 Å². The Morgan fingerprint density at radius 2 is 1.80 bits per heavy atom. The molecule has 0 unspecified atom stereocenters. The molecule has 0 aliphatic rings. The van der Waals surface area contributed by atoms with Crippen LogP contribution in [0.1, 0.15) is 36.8 Å². The van der Waals surface area contributed by atoms with E-state index in [9.17, 15) is 4.79 Å². The SMILES string of the molecule is Cc1ccc(CCCCCC(=O)Cl)cc1. The van der Waals surface area contributed by atoms with Gasteiger partial charge in [0.15, 0.2) is 0 Å². The van der Waals surface area contributed by atoms with Crippen LogP contribution in [0.3, 0.4) is 0 Å². The Bertz CT molecular complexity index is 303. The molecule has 0 aliphatic heterocycles. The number of halogens is 1. The van der Waals surface area contributed by atoms with E-state index in [0.29, 0.717) is 6.42 Å². The van der Waals surface area contributed by atoms with Crippen molar-refractivity contribution in [2.24, 2.45) is 0 Å². The fourth-order valence-electron chi connectivity index (χ4n) is 1.52. The Labute approximate surface area is 96.5 Å². The zero-order chi connectivity index (χ0) is 11.1. The van der Waals surface area contributed by atoms with E-state index in [0.717, 1.165) is 25.7 Å². The van der Waals surface area contributed by atoms with Crippen LogP contribution in [0.15, 0.2) is 24.3 Å². The number of rotatable bonds is 6. The van der Waals surface area contributed by atoms with E-state index in [1.54, 1.807) is 0 Å². The molecule has 1 rings (SSSR count). The Morgan fingerprint density at radius 1 is 1.13 bits per heavy atom. The highest BCUT2D eigenvalue weighted by Gasteiger charge is 1.97. The molecule has 0 saturated heterocycles. The summed E-state index contributed by atoms with van der Waals surface area (Å²) in [7, 11) is 0.